The molecule has 7 atom stereocenters. The van der Waals surface area contributed by atoms with Crippen LogP contribution in [-0.2, 0) is 6.42 Å². The maximum Gasteiger partial charge on any atom is 0.189 e. The molecule has 2 heterocycles. The number of phenolic OH excluding ortho intramolecular Hbond substituents is 1. The molecular formula is C41H54N4O5S2. The van der Waals surface area contributed by atoms with Crippen molar-refractivity contribution >= 4 is 40.1 Å². The zero-order valence-corrected chi connectivity index (χ0v) is 31.9. The van der Waals surface area contributed by atoms with Gasteiger partial charge in [-0.2, -0.15) is 0 Å². The third kappa shape index (κ3) is 9.20. The van der Waals surface area contributed by atoms with E-state index in [1.165, 1.54) is 0 Å². The van der Waals surface area contributed by atoms with Gasteiger partial charge in [0, 0.05) is 40.0 Å². The first-order valence-corrected chi connectivity index (χ1v) is 20.5. The molecule has 8 N–H and O–H groups in total. The number of aliphatic hydroxyl groups is 3. The normalized spacial score (nSPS) is 25.4. The highest BCUT2D eigenvalue weighted by Gasteiger charge is 2.53. The van der Waals surface area contributed by atoms with E-state index in [-0.39, 0.29) is 53.4 Å². The minimum absolute atomic E-state index is 0.0730. The number of thiophene rings is 2. The fourth-order valence-electron chi connectivity index (χ4n) is 9.03. The molecule has 0 saturated heterocycles. The van der Waals surface area contributed by atoms with Crippen molar-refractivity contribution < 1.29 is 25.2 Å². The summed E-state index contributed by atoms with van der Waals surface area (Å²) in [5.74, 6) is 6.71. The number of carbonyl (C=O) groups excluding carboxylic acids is 1. The molecule has 52 heavy (non-hydrogen) atoms. The van der Waals surface area contributed by atoms with Crippen molar-refractivity contribution in [2.24, 2.45) is 33.9 Å². The Morgan fingerprint density at radius 3 is 2.52 bits per heavy atom. The fourth-order valence-corrected chi connectivity index (χ4v) is 11.0. The van der Waals surface area contributed by atoms with Crippen LogP contribution < -0.4 is 16.4 Å². The van der Waals surface area contributed by atoms with E-state index in [0.29, 0.717) is 31.8 Å². The first-order chi connectivity index (χ1) is 25.1. The number of aliphatic hydroxyl groups excluding tert-OH is 3. The molecule has 0 radical (unpaired) electrons. The van der Waals surface area contributed by atoms with Gasteiger partial charge in [0.25, 0.3) is 0 Å². The lowest BCUT2D eigenvalue weighted by molar-refractivity contribution is 0.0187. The standard InChI is InChI=1S/C41H54N4O5S2/c1-3-6-32-10-12-36(51-32)37-13-14-38(52-37)39(50)33-11-9-27(21-41(33)16-15-28(22-41)35(49)24-46)34(45-40(42)44-29-7-4-5-8-29)19-26-17-30(20-31(48)18-26)43-23-25(2)47/h10,12-14,17-18,20,25,27-29,33-35,43,46-49H,4-5,7-9,11,15-16,19,21-24H2,1-2H3,(H3,42,44,45)/t25-,27-,28-,33-,34-,35+,41-/m0/s1. The van der Waals surface area contributed by atoms with Crippen LogP contribution in [0, 0.1) is 35.0 Å². The molecular weight excluding hydrogens is 693 g/mol. The Labute approximate surface area is 315 Å². The number of anilines is 1. The second-order valence-electron chi connectivity index (χ2n) is 15.3. The molecule has 0 amide bonds. The summed E-state index contributed by atoms with van der Waals surface area (Å²) in [6.45, 7) is 3.62. The minimum atomic E-state index is -0.814. The van der Waals surface area contributed by atoms with E-state index in [1.54, 1.807) is 41.7 Å². The molecule has 3 aromatic rings. The molecule has 0 bridgehead atoms. The fraction of sp³-hybridized carbons (Fsp3) is 0.561. The van der Waals surface area contributed by atoms with Gasteiger partial charge in [-0.25, -0.2) is 0 Å². The average Bonchev–Trinajstić information content (AvgIpc) is 3.95. The number of hydrogen-bond donors (Lipinski definition) is 7. The van der Waals surface area contributed by atoms with Crippen molar-refractivity contribution in [1.82, 2.24) is 5.32 Å². The summed E-state index contributed by atoms with van der Waals surface area (Å²) < 4.78 is 0. The number of rotatable bonds is 13. The Kier molecular flexibility index (Phi) is 12.7. The third-order valence-electron chi connectivity index (χ3n) is 11.5. The second-order valence-corrected chi connectivity index (χ2v) is 17.5. The van der Waals surface area contributed by atoms with Gasteiger partial charge in [0.1, 0.15) is 5.75 Å². The van der Waals surface area contributed by atoms with Crippen LogP contribution in [0.2, 0.25) is 0 Å². The highest BCUT2D eigenvalue weighted by molar-refractivity contribution is 7.23. The number of nitrogens with zero attached hydrogens (tertiary/aromatic N) is 1. The predicted octanol–water partition coefficient (Wildman–Crippen LogP) is 6.54. The van der Waals surface area contributed by atoms with Crippen molar-refractivity contribution in [2.45, 2.75) is 109 Å². The highest BCUT2D eigenvalue weighted by Crippen LogP contribution is 2.58. The lowest BCUT2D eigenvalue weighted by Gasteiger charge is -2.47. The summed E-state index contributed by atoms with van der Waals surface area (Å²) in [5.41, 5.74) is 7.96. The van der Waals surface area contributed by atoms with Gasteiger partial charge in [-0.05, 0) is 131 Å². The molecule has 6 rings (SSSR count). The average molecular weight is 747 g/mol. The number of hydrogen-bond acceptors (Lipinski definition) is 9. The molecule has 0 unspecified atom stereocenters. The van der Waals surface area contributed by atoms with Gasteiger partial charge in [-0.1, -0.05) is 18.8 Å². The number of nitrogens with one attached hydrogen (secondary N) is 2. The lowest BCUT2D eigenvalue weighted by atomic mass is 9.58. The first kappa shape index (κ1) is 38.3. The smallest absolute Gasteiger partial charge is 0.189 e. The van der Waals surface area contributed by atoms with Crippen molar-refractivity contribution in [1.29, 1.82) is 0 Å². The number of Topliss-reactive ketones (excluding diaryl/α,β-unsaturated/α-hetero) is 1. The molecule has 1 aromatic carbocycles. The molecule has 0 aliphatic heterocycles. The number of ketones is 1. The quantitative estimate of drug-likeness (QED) is 0.0449. The van der Waals surface area contributed by atoms with Gasteiger partial charge >= 0.3 is 0 Å². The summed E-state index contributed by atoms with van der Waals surface area (Å²) in [5, 5.41) is 48.1. The van der Waals surface area contributed by atoms with Gasteiger partial charge in [0.15, 0.2) is 11.7 Å². The number of guanidine groups is 1. The summed E-state index contributed by atoms with van der Waals surface area (Å²) in [7, 11) is 0. The van der Waals surface area contributed by atoms with E-state index in [4.69, 9.17) is 10.7 Å². The Balaban J connectivity index is 1.28. The first-order valence-electron chi connectivity index (χ1n) is 18.9. The summed E-state index contributed by atoms with van der Waals surface area (Å²) in [6.07, 6.45) is 8.18. The Hall–Kier alpha value is -3.40. The number of carbonyl (C=O) groups is 1. The monoisotopic (exact) mass is 746 g/mol. The number of aliphatic imine (C=N–C) groups is 1. The molecule has 3 aliphatic carbocycles. The second kappa shape index (κ2) is 17.2. The Morgan fingerprint density at radius 1 is 1.02 bits per heavy atom. The van der Waals surface area contributed by atoms with Crippen LogP contribution in [0.4, 0.5) is 5.69 Å². The van der Waals surface area contributed by atoms with Crippen LogP contribution >= 0.6 is 22.7 Å². The van der Waals surface area contributed by atoms with Crippen LogP contribution in [0.5, 0.6) is 5.75 Å². The van der Waals surface area contributed by atoms with Crippen molar-refractivity contribution in [2.75, 3.05) is 18.5 Å². The number of aromatic hydroxyl groups is 1. The van der Waals surface area contributed by atoms with E-state index < -0.39 is 12.2 Å². The molecule has 3 fully saturated rings. The van der Waals surface area contributed by atoms with Crippen LogP contribution in [0.15, 0.2) is 47.5 Å². The van der Waals surface area contributed by atoms with E-state index in [9.17, 15) is 25.2 Å². The third-order valence-corrected chi connectivity index (χ3v) is 13.8. The van der Waals surface area contributed by atoms with Gasteiger partial charge in [0.2, 0.25) is 0 Å². The van der Waals surface area contributed by atoms with E-state index in [0.717, 1.165) is 82.1 Å². The minimum Gasteiger partial charge on any atom is -0.508 e. The maximum atomic E-state index is 14.6. The summed E-state index contributed by atoms with van der Waals surface area (Å²) in [6, 6.07) is 13.7. The maximum absolute atomic E-state index is 14.6. The lowest BCUT2D eigenvalue weighted by Crippen LogP contribution is -2.50. The molecule has 1 spiro atoms. The van der Waals surface area contributed by atoms with E-state index in [1.807, 2.05) is 31.2 Å². The number of benzene rings is 1. The van der Waals surface area contributed by atoms with E-state index in [2.05, 4.69) is 28.5 Å². The summed E-state index contributed by atoms with van der Waals surface area (Å²) in [4.78, 5) is 23.4. The molecule has 9 nitrogen and oxygen atoms in total. The van der Waals surface area contributed by atoms with Crippen LogP contribution in [0.25, 0.3) is 9.75 Å². The van der Waals surface area contributed by atoms with Crippen molar-refractivity contribution in [3.8, 4) is 27.3 Å². The zero-order valence-electron chi connectivity index (χ0n) is 30.3. The van der Waals surface area contributed by atoms with E-state index >= 15 is 0 Å². The van der Waals surface area contributed by atoms with Gasteiger partial charge in [-0.15, -0.1) is 28.6 Å². The Morgan fingerprint density at radius 2 is 1.77 bits per heavy atom. The summed E-state index contributed by atoms with van der Waals surface area (Å²) >= 11 is 3.18. The van der Waals surface area contributed by atoms with Gasteiger partial charge in [-0.3, -0.25) is 9.79 Å². The molecule has 280 valence electrons. The van der Waals surface area contributed by atoms with Crippen molar-refractivity contribution in [3.05, 3.63) is 57.8 Å². The van der Waals surface area contributed by atoms with Crippen LogP contribution in [0.3, 0.4) is 0 Å². The molecule has 2 aromatic heterocycles. The molecule has 11 heteroatoms. The van der Waals surface area contributed by atoms with Gasteiger partial charge in [0.05, 0.1) is 34.6 Å². The zero-order chi connectivity index (χ0) is 36.8. The molecule has 3 saturated carbocycles. The Bertz CT molecular complexity index is 1770. The predicted molar refractivity (Wildman–Crippen MR) is 211 cm³/mol. The largest absolute Gasteiger partial charge is 0.508 e. The van der Waals surface area contributed by atoms with Gasteiger partial charge < -0.3 is 36.8 Å². The SMILES string of the molecule is CC#Cc1ccc(-c2ccc(C(=O)[C@@H]3CC[C@H]([C@H](Cc4cc(O)cc(NC[C@H](C)O)c4)NC(N)=NC4CCCC4)C[C@]34CC[C@H]([C@H](O)CO)C4)s2)s1. The number of nitrogens with two attached hydrogens (primary N) is 1. The topological polar surface area (TPSA) is 160 Å². The number of phenols is 1. The van der Waals surface area contributed by atoms with Crippen LogP contribution in [0.1, 0.15) is 98.2 Å². The highest BCUT2D eigenvalue weighted by atomic mass is 32.1. The van der Waals surface area contributed by atoms with Crippen LogP contribution in [-0.4, -0.2) is 69.6 Å². The van der Waals surface area contributed by atoms with Crippen molar-refractivity contribution in [3.63, 3.8) is 0 Å². The molecule has 3 aliphatic rings.